The van der Waals surface area contributed by atoms with Crippen molar-refractivity contribution < 1.29 is 27.1 Å². The molecule has 0 spiro atoms. The SMILES string of the molecule is CC(OCCCC(=O)Nc1ccc(F)c(N)c1)C(F)(F)F. The molecule has 0 aliphatic rings. The maximum Gasteiger partial charge on any atom is 0.414 e. The van der Waals surface area contributed by atoms with Crippen molar-refractivity contribution in [3.8, 4) is 0 Å². The van der Waals surface area contributed by atoms with Gasteiger partial charge in [0.25, 0.3) is 0 Å². The van der Waals surface area contributed by atoms with Gasteiger partial charge in [-0.1, -0.05) is 0 Å². The van der Waals surface area contributed by atoms with Gasteiger partial charge in [-0.25, -0.2) is 4.39 Å². The fourth-order valence-corrected chi connectivity index (χ4v) is 1.43. The lowest BCUT2D eigenvalue weighted by Crippen LogP contribution is -2.29. The van der Waals surface area contributed by atoms with Crippen LogP contribution in [-0.4, -0.2) is 24.8 Å². The molecular formula is C13H16F4N2O2. The Kier molecular flexibility index (Phi) is 5.95. The second-order valence-electron chi connectivity index (χ2n) is 4.44. The molecule has 118 valence electrons. The summed E-state index contributed by atoms with van der Waals surface area (Å²) in [5.74, 6) is -1.01. The number of carbonyl (C=O) groups is 1. The minimum absolute atomic E-state index is 0.0120. The van der Waals surface area contributed by atoms with Crippen molar-refractivity contribution >= 4 is 17.3 Å². The van der Waals surface area contributed by atoms with E-state index in [4.69, 9.17) is 5.73 Å². The van der Waals surface area contributed by atoms with Gasteiger partial charge in [-0.15, -0.1) is 0 Å². The van der Waals surface area contributed by atoms with Crippen molar-refractivity contribution in [2.45, 2.75) is 32.0 Å². The fraction of sp³-hybridized carbons (Fsp3) is 0.462. The lowest BCUT2D eigenvalue weighted by molar-refractivity contribution is -0.214. The monoisotopic (exact) mass is 308 g/mol. The number of amides is 1. The quantitative estimate of drug-likeness (QED) is 0.482. The Balaban J connectivity index is 2.30. The molecule has 1 unspecified atom stereocenters. The second kappa shape index (κ2) is 7.26. The Morgan fingerprint density at radius 2 is 2.10 bits per heavy atom. The van der Waals surface area contributed by atoms with Gasteiger partial charge < -0.3 is 15.8 Å². The highest BCUT2D eigenvalue weighted by molar-refractivity contribution is 5.91. The third kappa shape index (κ3) is 5.99. The second-order valence-corrected chi connectivity index (χ2v) is 4.44. The molecule has 0 saturated heterocycles. The molecule has 0 fully saturated rings. The number of benzene rings is 1. The summed E-state index contributed by atoms with van der Waals surface area (Å²) in [6.45, 7) is 0.723. The summed E-state index contributed by atoms with van der Waals surface area (Å²) < 4.78 is 53.9. The van der Waals surface area contributed by atoms with Gasteiger partial charge in [0.15, 0.2) is 6.10 Å². The standard InChI is InChI=1S/C13H16F4N2O2/c1-8(13(15,16)17)21-6-2-3-12(20)19-9-4-5-10(14)11(18)7-9/h4-5,7-8H,2-3,6,18H2,1H3,(H,19,20). The molecule has 3 N–H and O–H groups in total. The molecule has 1 atom stereocenters. The van der Waals surface area contributed by atoms with E-state index in [1.165, 1.54) is 12.1 Å². The smallest absolute Gasteiger partial charge is 0.396 e. The summed E-state index contributed by atoms with van der Waals surface area (Å²) >= 11 is 0. The van der Waals surface area contributed by atoms with Gasteiger partial charge in [-0.2, -0.15) is 13.2 Å². The molecular weight excluding hydrogens is 292 g/mol. The number of hydrogen-bond acceptors (Lipinski definition) is 3. The van der Waals surface area contributed by atoms with E-state index in [1.807, 2.05) is 0 Å². The van der Waals surface area contributed by atoms with E-state index >= 15 is 0 Å². The third-order valence-corrected chi connectivity index (χ3v) is 2.66. The molecule has 0 bridgehead atoms. The predicted octanol–water partition coefficient (Wildman–Crippen LogP) is 3.09. The molecule has 1 rings (SSSR count). The zero-order valence-electron chi connectivity index (χ0n) is 11.3. The first kappa shape index (κ1) is 17.2. The summed E-state index contributed by atoms with van der Waals surface area (Å²) in [7, 11) is 0. The number of nitrogens with two attached hydrogens (primary N) is 1. The summed E-state index contributed by atoms with van der Waals surface area (Å²) in [6, 6.07) is 3.71. The van der Waals surface area contributed by atoms with Gasteiger partial charge in [-0.05, 0) is 31.5 Å². The van der Waals surface area contributed by atoms with Crippen LogP contribution in [0.4, 0.5) is 28.9 Å². The Morgan fingerprint density at radius 1 is 1.43 bits per heavy atom. The van der Waals surface area contributed by atoms with Gasteiger partial charge in [0.2, 0.25) is 5.91 Å². The minimum atomic E-state index is -4.41. The van der Waals surface area contributed by atoms with Crippen LogP contribution < -0.4 is 11.1 Å². The summed E-state index contributed by atoms with van der Waals surface area (Å²) in [4.78, 5) is 11.5. The van der Waals surface area contributed by atoms with E-state index < -0.39 is 24.0 Å². The highest BCUT2D eigenvalue weighted by atomic mass is 19.4. The first-order valence-corrected chi connectivity index (χ1v) is 6.23. The van der Waals surface area contributed by atoms with E-state index in [0.29, 0.717) is 5.69 Å². The number of carbonyl (C=O) groups excluding carboxylic acids is 1. The average molecular weight is 308 g/mol. The van der Waals surface area contributed by atoms with Crippen molar-refractivity contribution in [3.05, 3.63) is 24.0 Å². The average Bonchev–Trinajstić information content (AvgIpc) is 2.37. The van der Waals surface area contributed by atoms with E-state index in [2.05, 4.69) is 10.1 Å². The van der Waals surface area contributed by atoms with Crippen molar-refractivity contribution in [2.24, 2.45) is 0 Å². The Bertz CT molecular complexity index is 492. The highest BCUT2D eigenvalue weighted by Gasteiger charge is 2.36. The largest absolute Gasteiger partial charge is 0.414 e. The molecule has 1 aromatic rings. The molecule has 0 aromatic heterocycles. The fourth-order valence-electron chi connectivity index (χ4n) is 1.43. The van der Waals surface area contributed by atoms with E-state index in [9.17, 15) is 22.4 Å². The summed E-state index contributed by atoms with van der Waals surface area (Å²) in [6.07, 6.45) is -6.14. The number of ether oxygens (including phenoxy) is 1. The van der Waals surface area contributed by atoms with Crippen molar-refractivity contribution in [1.29, 1.82) is 0 Å². The number of alkyl halides is 3. The number of halogens is 4. The normalized spacial score (nSPS) is 13.0. The first-order valence-electron chi connectivity index (χ1n) is 6.23. The Morgan fingerprint density at radius 3 is 2.67 bits per heavy atom. The van der Waals surface area contributed by atoms with Crippen molar-refractivity contribution in [3.63, 3.8) is 0 Å². The number of hydrogen-bond donors (Lipinski definition) is 2. The molecule has 0 saturated carbocycles. The van der Waals surface area contributed by atoms with Gasteiger partial charge in [0, 0.05) is 18.7 Å². The van der Waals surface area contributed by atoms with Crippen LogP contribution in [0.1, 0.15) is 19.8 Å². The van der Waals surface area contributed by atoms with Crippen LogP contribution in [0.3, 0.4) is 0 Å². The molecule has 1 amide bonds. The molecule has 0 aliphatic carbocycles. The van der Waals surface area contributed by atoms with Crippen LogP contribution in [0.25, 0.3) is 0 Å². The zero-order valence-corrected chi connectivity index (χ0v) is 11.3. The molecule has 21 heavy (non-hydrogen) atoms. The van der Waals surface area contributed by atoms with Crippen LogP contribution in [0.15, 0.2) is 18.2 Å². The van der Waals surface area contributed by atoms with E-state index in [-0.39, 0.29) is 25.1 Å². The van der Waals surface area contributed by atoms with Crippen LogP contribution in [0.5, 0.6) is 0 Å². The lowest BCUT2D eigenvalue weighted by atomic mass is 10.2. The number of nitrogens with one attached hydrogen (secondary N) is 1. The molecule has 4 nitrogen and oxygen atoms in total. The first-order chi connectivity index (χ1) is 9.70. The van der Waals surface area contributed by atoms with Gasteiger partial charge in [-0.3, -0.25) is 4.79 Å². The van der Waals surface area contributed by atoms with E-state index in [0.717, 1.165) is 13.0 Å². The number of nitrogen functional groups attached to an aromatic ring is 1. The summed E-state index contributed by atoms with van der Waals surface area (Å²) in [5.41, 5.74) is 5.56. The van der Waals surface area contributed by atoms with E-state index in [1.54, 1.807) is 0 Å². The van der Waals surface area contributed by atoms with Crippen molar-refractivity contribution in [1.82, 2.24) is 0 Å². The van der Waals surface area contributed by atoms with Crippen LogP contribution in [-0.2, 0) is 9.53 Å². The van der Waals surface area contributed by atoms with Crippen LogP contribution >= 0.6 is 0 Å². The topological polar surface area (TPSA) is 64.3 Å². The Labute approximate surface area is 119 Å². The van der Waals surface area contributed by atoms with Gasteiger partial charge in [0.1, 0.15) is 5.82 Å². The predicted molar refractivity (Wildman–Crippen MR) is 70.1 cm³/mol. The van der Waals surface area contributed by atoms with Gasteiger partial charge >= 0.3 is 6.18 Å². The minimum Gasteiger partial charge on any atom is -0.396 e. The molecule has 0 radical (unpaired) electrons. The molecule has 1 aromatic carbocycles. The molecule has 0 aliphatic heterocycles. The maximum absolute atomic E-state index is 12.9. The third-order valence-electron chi connectivity index (χ3n) is 2.66. The number of anilines is 2. The van der Waals surface area contributed by atoms with Crippen LogP contribution in [0.2, 0.25) is 0 Å². The van der Waals surface area contributed by atoms with Crippen molar-refractivity contribution in [2.75, 3.05) is 17.7 Å². The molecule has 0 heterocycles. The number of rotatable bonds is 6. The van der Waals surface area contributed by atoms with Crippen LogP contribution in [0, 0.1) is 5.82 Å². The lowest BCUT2D eigenvalue weighted by Gasteiger charge is -2.16. The Hall–Kier alpha value is -1.83. The molecule has 8 heteroatoms. The maximum atomic E-state index is 12.9. The zero-order chi connectivity index (χ0) is 16.0. The summed E-state index contributed by atoms with van der Waals surface area (Å²) in [5, 5.41) is 2.46. The van der Waals surface area contributed by atoms with Gasteiger partial charge in [0.05, 0.1) is 5.69 Å². The highest BCUT2D eigenvalue weighted by Crippen LogP contribution is 2.22.